The molecule has 1 amide bonds. The van der Waals surface area contributed by atoms with Gasteiger partial charge >= 0.3 is 0 Å². The van der Waals surface area contributed by atoms with Gasteiger partial charge in [-0.1, -0.05) is 0 Å². The lowest BCUT2D eigenvalue weighted by molar-refractivity contribution is -0.138. The number of nitrogens with zero attached hydrogens (tertiary/aromatic N) is 3. The van der Waals surface area contributed by atoms with Crippen LogP contribution in [0.5, 0.6) is 0 Å². The third kappa shape index (κ3) is 4.44. The molecule has 0 aromatic rings. The summed E-state index contributed by atoms with van der Waals surface area (Å²) < 4.78 is 5.50. The smallest absolute Gasteiger partial charge is 0.250 e. The van der Waals surface area contributed by atoms with Crippen LogP contribution < -0.4 is 5.32 Å². The lowest BCUT2D eigenvalue weighted by Gasteiger charge is -2.32. The average Bonchev–Trinajstić information content (AvgIpc) is 2.46. The zero-order valence-electron chi connectivity index (χ0n) is 12.2. The van der Waals surface area contributed by atoms with Gasteiger partial charge in [0, 0.05) is 19.6 Å². The topological polar surface area (TPSA) is 68.6 Å². The van der Waals surface area contributed by atoms with Crippen LogP contribution in [0.4, 0.5) is 0 Å². The molecule has 2 aliphatic rings. The maximum Gasteiger partial charge on any atom is 0.250 e. The Morgan fingerprint density at radius 2 is 2.15 bits per heavy atom. The first-order valence-electron chi connectivity index (χ1n) is 7.36. The van der Waals surface area contributed by atoms with Gasteiger partial charge in [-0.15, -0.1) is 0 Å². The number of morpholine rings is 1. The van der Waals surface area contributed by atoms with Crippen LogP contribution in [-0.2, 0) is 9.53 Å². The van der Waals surface area contributed by atoms with Gasteiger partial charge in [0.2, 0.25) is 5.91 Å². The largest absolute Gasteiger partial charge is 0.366 e. The molecule has 0 spiro atoms. The predicted octanol–water partition coefficient (Wildman–Crippen LogP) is -0.331. The molecule has 0 saturated carbocycles. The fourth-order valence-electron chi connectivity index (χ4n) is 2.74. The molecule has 0 unspecified atom stereocenters. The summed E-state index contributed by atoms with van der Waals surface area (Å²) in [6.07, 6.45) is 1.77. The van der Waals surface area contributed by atoms with Crippen molar-refractivity contribution in [2.24, 2.45) is 5.92 Å². The highest BCUT2D eigenvalue weighted by molar-refractivity contribution is 5.81. The lowest BCUT2D eigenvalue weighted by atomic mass is 9.97. The molecule has 0 aromatic carbocycles. The van der Waals surface area contributed by atoms with Gasteiger partial charge in [-0.3, -0.25) is 9.69 Å². The molecule has 6 heteroatoms. The zero-order chi connectivity index (χ0) is 14.4. The summed E-state index contributed by atoms with van der Waals surface area (Å²) in [5.74, 6) is 0.534. The number of hydrogen-bond acceptors (Lipinski definition) is 5. The van der Waals surface area contributed by atoms with E-state index in [0.29, 0.717) is 25.6 Å². The highest BCUT2D eigenvalue weighted by Gasteiger charge is 2.26. The molecule has 2 aliphatic heterocycles. The van der Waals surface area contributed by atoms with Crippen LogP contribution in [0.1, 0.15) is 12.8 Å². The zero-order valence-corrected chi connectivity index (χ0v) is 12.2. The molecule has 112 valence electrons. The van der Waals surface area contributed by atoms with Gasteiger partial charge < -0.3 is 15.0 Å². The molecular weight excluding hydrogens is 256 g/mol. The molecule has 0 aliphatic carbocycles. The normalized spacial score (nSPS) is 26.1. The summed E-state index contributed by atoms with van der Waals surface area (Å²) >= 11 is 0. The van der Waals surface area contributed by atoms with Crippen molar-refractivity contribution in [2.75, 3.05) is 52.9 Å². The number of ether oxygens (including phenoxy) is 1. The first-order chi connectivity index (χ1) is 9.69. The van der Waals surface area contributed by atoms with Gasteiger partial charge in [0.1, 0.15) is 6.10 Å². The minimum atomic E-state index is -0.326. The standard InChI is InChI=1S/C14H24N4O2/c1-17-8-9-20-13(11-17)14(19)16-10-12-2-5-18(6-3-12)7-4-15/h12-13H,2-3,5-11H2,1H3,(H,16,19)/t13-/m0/s1. The van der Waals surface area contributed by atoms with Gasteiger partial charge in [0.15, 0.2) is 0 Å². The summed E-state index contributed by atoms with van der Waals surface area (Å²) in [4.78, 5) is 16.3. The fraction of sp³-hybridized carbons (Fsp3) is 0.857. The number of carbonyl (C=O) groups excluding carboxylic acids is 1. The van der Waals surface area contributed by atoms with Crippen molar-refractivity contribution < 1.29 is 9.53 Å². The quantitative estimate of drug-likeness (QED) is 0.714. The van der Waals surface area contributed by atoms with Gasteiger partial charge in [-0.25, -0.2) is 0 Å². The highest BCUT2D eigenvalue weighted by atomic mass is 16.5. The lowest BCUT2D eigenvalue weighted by Crippen LogP contribution is -2.49. The monoisotopic (exact) mass is 280 g/mol. The molecule has 2 fully saturated rings. The number of amides is 1. The summed E-state index contributed by atoms with van der Waals surface area (Å²) in [5.41, 5.74) is 0. The van der Waals surface area contributed by atoms with Crippen LogP contribution in [0.3, 0.4) is 0 Å². The molecule has 6 nitrogen and oxygen atoms in total. The third-order valence-corrected chi connectivity index (χ3v) is 4.13. The maximum absolute atomic E-state index is 12.0. The van der Waals surface area contributed by atoms with Crippen LogP contribution in [0.25, 0.3) is 0 Å². The van der Waals surface area contributed by atoms with Gasteiger partial charge in [0.25, 0.3) is 0 Å². The Bertz CT molecular complexity index is 361. The van der Waals surface area contributed by atoms with E-state index in [0.717, 1.165) is 39.0 Å². The van der Waals surface area contributed by atoms with Crippen LogP contribution in [0.2, 0.25) is 0 Å². The minimum Gasteiger partial charge on any atom is -0.366 e. The number of likely N-dealkylation sites (N-methyl/N-ethyl adjacent to an activating group) is 1. The van der Waals surface area contributed by atoms with E-state index in [-0.39, 0.29) is 12.0 Å². The number of piperidine rings is 1. The summed E-state index contributed by atoms with van der Waals surface area (Å²) in [7, 11) is 2.01. The predicted molar refractivity (Wildman–Crippen MR) is 75.0 cm³/mol. The van der Waals surface area contributed by atoms with Gasteiger partial charge in [0.05, 0.1) is 19.2 Å². The van der Waals surface area contributed by atoms with Crippen molar-refractivity contribution in [3.8, 4) is 6.07 Å². The van der Waals surface area contributed by atoms with E-state index < -0.39 is 0 Å². The van der Waals surface area contributed by atoms with Crippen LogP contribution in [0, 0.1) is 17.2 Å². The number of carbonyl (C=O) groups is 1. The van der Waals surface area contributed by atoms with E-state index in [1.54, 1.807) is 0 Å². The van der Waals surface area contributed by atoms with E-state index in [1.165, 1.54) is 0 Å². The Kier molecular flexibility index (Phi) is 5.77. The Morgan fingerprint density at radius 3 is 2.80 bits per heavy atom. The van der Waals surface area contributed by atoms with Crippen LogP contribution in [0.15, 0.2) is 0 Å². The molecule has 20 heavy (non-hydrogen) atoms. The molecule has 0 aromatic heterocycles. The van der Waals surface area contributed by atoms with Crippen molar-refractivity contribution >= 4 is 5.91 Å². The Balaban J connectivity index is 1.65. The SMILES string of the molecule is CN1CCO[C@H](C(=O)NCC2CCN(CC#N)CC2)C1. The Morgan fingerprint density at radius 1 is 1.40 bits per heavy atom. The molecule has 2 heterocycles. The Labute approximate surface area is 120 Å². The second-order valence-electron chi connectivity index (χ2n) is 5.74. The van der Waals surface area contributed by atoms with Crippen molar-refractivity contribution in [1.29, 1.82) is 5.26 Å². The summed E-state index contributed by atoms with van der Waals surface area (Å²) in [6.45, 7) is 5.34. The second-order valence-corrected chi connectivity index (χ2v) is 5.74. The molecular formula is C14H24N4O2. The summed E-state index contributed by atoms with van der Waals surface area (Å²) in [6, 6.07) is 2.18. The maximum atomic E-state index is 12.0. The third-order valence-electron chi connectivity index (χ3n) is 4.13. The number of nitrogens with one attached hydrogen (secondary N) is 1. The molecule has 0 radical (unpaired) electrons. The van der Waals surface area contributed by atoms with Crippen LogP contribution in [-0.4, -0.2) is 74.7 Å². The van der Waals surface area contributed by atoms with Gasteiger partial charge in [-0.05, 0) is 38.9 Å². The molecule has 0 bridgehead atoms. The second kappa shape index (κ2) is 7.58. The summed E-state index contributed by atoms with van der Waals surface area (Å²) in [5, 5.41) is 11.7. The molecule has 2 rings (SSSR count). The van der Waals surface area contributed by atoms with E-state index in [9.17, 15) is 4.79 Å². The van der Waals surface area contributed by atoms with Crippen LogP contribution >= 0.6 is 0 Å². The van der Waals surface area contributed by atoms with Gasteiger partial charge in [-0.2, -0.15) is 5.26 Å². The first kappa shape index (κ1) is 15.2. The average molecular weight is 280 g/mol. The van der Waals surface area contributed by atoms with E-state index in [2.05, 4.69) is 21.2 Å². The van der Waals surface area contributed by atoms with Crippen molar-refractivity contribution in [3.63, 3.8) is 0 Å². The molecule has 2 saturated heterocycles. The Hall–Kier alpha value is -1.16. The number of rotatable bonds is 4. The highest BCUT2D eigenvalue weighted by Crippen LogP contribution is 2.16. The molecule has 1 N–H and O–H groups in total. The fourth-order valence-corrected chi connectivity index (χ4v) is 2.74. The molecule has 1 atom stereocenters. The van der Waals surface area contributed by atoms with Crippen molar-refractivity contribution in [3.05, 3.63) is 0 Å². The number of nitriles is 1. The first-order valence-corrected chi connectivity index (χ1v) is 7.36. The minimum absolute atomic E-state index is 0.0102. The van der Waals surface area contributed by atoms with E-state index in [1.807, 2.05) is 7.05 Å². The number of likely N-dealkylation sites (tertiary alicyclic amines) is 1. The number of hydrogen-bond donors (Lipinski definition) is 1. The van der Waals surface area contributed by atoms with E-state index in [4.69, 9.17) is 10.00 Å². The van der Waals surface area contributed by atoms with E-state index >= 15 is 0 Å². The van der Waals surface area contributed by atoms with Crippen molar-refractivity contribution in [2.45, 2.75) is 18.9 Å². The van der Waals surface area contributed by atoms with Crippen molar-refractivity contribution in [1.82, 2.24) is 15.1 Å².